The molecule has 0 saturated carbocycles. The first-order valence-corrected chi connectivity index (χ1v) is 20.4. The van der Waals surface area contributed by atoms with E-state index in [4.69, 9.17) is 37.4 Å². The molecule has 2 aromatic carbocycles. The van der Waals surface area contributed by atoms with E-state index in [-0.39, 0.29) is 12.8 Å². The normalized spacial score (nSPS) is 14.3. The molecular weight excluding hydrogens is 729 g/mol. The summed E-state index contributed by atoms with van der Waals surface area (Å²) in [6, 6.07) is 15.4. The van der Waals surface area contributed by atoms with Gasteiger partial charge in [-0.1, -0.05) is 109 Å². The monoisotopic (exact) mass is 785 g/mol. The van der Waals surface area contributed by atoms with Crippen molar-refractivity contribution < 1.29 is 19.0 Å². The maximum absolute atomic E-state index is 12.2. The molecule has 0 aliphatic carbocycles. The SMILES string of the molecule is CCC=CCC=CCC=CCC=CCC=CCC=CCCC(=O)OCOc1ccc2ccc(OCCCCN3CCN(c4cccc(Cl)c4Cl)CC3)cc2n1. The van der Waals surface area contributed by atoms with E-state index in [1.807, 2.05) is 48.5 Å². The number of anilines is 1. The summed E-state index contributed by atoms with van der Waals surface area (Å²) in [5, 5.41) is 2.21. The molecule has 0 N–H and O–H groups in total. The minimum absolute atomic E-state index is 0.180. The second-order valence-corrected chi connectivity index (χ2v) is 14.0. The molecule has 3 aromatic rings. The number of carbonyl (C=O) groups is 1. The number of hydrogen-bond donors (Lipinski definition) is 0. The van der Waals surface area contributed by atoms with Gasteiger partial charge in [0.25, 0.3) is 0 Å². The lowest BCUT2D eigenvalue weighted by Crippen LogP contribution is -2.46. The Morgan fingerprint density at radius 2 is 1.38 bits per heavy atom. The van der Waals surface area contributed by atoms with Gasteiger partial charge in [-0.25, -0.2) is 4.98 Å². The van der Waals surface area contributed by atoms with Gasteiger partial charge >= 0.3 is 5.97 Å². The minimum Gasteiger partial charge on any atom is -0.494 e. The molecule has 2 heterocycles. The highest BCUT2D eigenvalue weighted by Crippen LogP contribution is 2.33. The molecule has 0 bridgehead atoms. The summed E-state index contributed by atoms with van der Waals surface area (Å²) in [4.78, 5) is 21.6. The number of halogens is 2. The highest BCUT2D eigenvalue weighted by molar-refractivity contribution is 6.43. The summed E-state index contributed by atoms with van der Waals surface area (Å²) in [7, 11) is 0. The third-order valence-electron chi connectivity index (χ3n) is 8.96. The Hall–Kier alpha value is -4.30. The number of allylic oxidation sites excluding steroid dienone is 12. The van der Waals surface area contributed by atoms with Gasteiger partial charge in [0.05, 0.1) is 27.9 Å². The van der Waals surface area contributed by atoms with Crippen LogP contribution in [0.25, 0.3) is 10.9 Å². The lowest BCUT2D eigenvalue weighted by atomic mass is 10.2. The maximum Gasteiger partial charge on any atom is 0.308 e. The van der Waals surface area contributed by atoms with Crippen LogP contribution in [0.3, 0.4) is 0 Å². The average molecular weight is 787 g/mol. The van der Waals surface area contributed by atoms with Crippen molar-refractivity contribution in [2.24, 2.45) is 0 Å². The number of rotatable bonds is 24. The molecule has 0 unspecified atom stereocenters. The van der Waals surface area contributed by atoms with Crippen LogP contribution in [0, 0.1) is 0 Å². The lowest BCUT2D eigenvalue weighted by Gasteiger charge is -2.36. The molecule has 0 atom stereocenters. The molecule has 0 amide bonds. The Labute approximate surface area is 338 Å². The molecule has 7 nitrogen and oxygen atoms in total. The van der Waals surface area contributed by atoms with E-state index >= 15 is 0 Å². The van der Waals surface area contributed by atoms with Gasteiger partial charge in [-0.3, -0.25) is 9.69 Å². The van der Waals surface area contributed by atoms with Crippen LogP contribution < -0.4 is 14.4 Å². The Balaban J connectivity index is 1.02. The van der Waals surface area contributed by atoms with Crippen LogP contribution >= 0.6 is 23.2 Å². The van der Waals surface area contributed by atoms with E-state index in [0.29, 0.717) is 35.4 Å². The molecule has 0 spiro atoms. The molecule has 4 rings (SSSR count). The van der Waals surface area contributed by atoms with E-state index in [9.17, 15) is 4.79 Å². The Morgan fingerprint density at radius 3 is 2.05 bits per heavy atom. The largest absolute Gasteiger partial charge is 0.494 e. The van der Waals surface area contributed by atoms with Crippen LogP contribution in [0.4, 0.5) is 5.69 Å². The molecular formula is C46H57Cl2N3O4. The predicted octanol–water partition coefficient (Wildman–Crippen LogP) is 11.9. The average Bonchev–Trinajstić information content (AvgIpc) is 3.20. The van der Waals surface area contributed by atoms with Crippen molar-refractivity contribution in [3.63, 3.8) is 0 Å². The fourth-order valence-electron chi connectivity index (χ4n) is 5.89. The summed E-state index contributed by atoms with van der Waals surface area (Å²) in [5.74, 6) is 0.859. The smallest absolute Gasteiger partial charge is 0.308 e. The molecule has 294 valence electrons. The summed E-state index contributed by atoms with van der Waals surface area (Å²) >= 11 is 12.6. The van der Waals surface area contributed by atoms with Crippen LogP contribution in [0.15, 0.2) is 121 Å². The molecule has 1 aliphatic heterocycles. The van der Waals surface area contributed by atoms with Gasteiger partial charge in [0.15, 0.2) is 0 Å². The topological polar surface area (TPSA) is 64.1 Å². The zero-order chi connectivity index (χ0) is 38.8. The number of aromatic nitrogens is 1. The lowest BCUT2D eigenvalue weighted by molar-refractivity contribution is -0.150. The Bertz CT molecular complexity index is 1760. The van der Waals surface area contributed by atoms with Crippen LogP contribution in [-0.4, -0.2) is 62.0 Å². The van der Waals surface area contributed by atoms with Crippen LogP contribution in [0.5, 0.6) is 11.6 Å². The fraction of sp³-hybridized carbons (Fsp3) is 0.391. The molecule has 55 heavy (non-hydrogen) atoms. The van der Waals surface area contributed by atoms with Gasteiger partial charge < -0.3 is 19.1 Å². The number of unbranched alkanes of at least 4 members (excludes halogenated alkanes) is 1. The summed E-state index contributed by atoms with van der Waals surface area (Å²) < 4.78 is 16.9. The number of carbonyl (C=O) groups excluding carboxylic acids is 1. The predicted molar refractivity (Wildman–Crippen MR) is 231 cm³/mol. The van der Waals surface area contributed by atoms with E-state index in [1.54, 1.807) is 6.07 Å². The van der Waals surface area contributed by atoms with Gasteiger partial charge in [0.1, 0.15) is 5.75 Å². The van der Waals surface area contributed by atoms with Crippen molar-refractivity contribution in [1.29, 1.82) is 0 Å². The van der Waals surface area contributed by atoms with E-state index in [0.717, 1.165) is 106 Å². The Kier molecular flexibility index (Phi) is 20.9. The first-order valence-electron chi connectivity index (χ1n) is 19.7. The number of ether oxygens (including phenoxy) is 3. The molecule has 1 saturated heterocycles. The number of fused-ring (bicyclic) bond motifs is 1. The maximum atomic E-state index is 12.2. The van der Waals surface area contributed by atoms with Gasteiger partial charge in [0.2, 0.25) is 12.7 Å². The third kappa shape index (κ3) is 17.4. The molecule has 1 aromatic heterocycles. The number of nitrogens with zero attached hydrogens (tertiary/aromatic N) is 3. The molecule has 0 radical (unpaired) electrons. The zero-order valence-electron chi connectivity index (χ0n) is 32.3. The zero-order valence-corrected chi connectivity index (χ0v) is 33.8. The van der Waals surface area contributed by atoms with E-state index < -0.39 is 0 Å². The first-order chi connectivity index (χ1) is 27.0. The van der Waals surface area contributed by atoms with Crippen molar-refractivity contribution in [2.75, 3.05) is 51.0 Å². The van der Waals surface area contributed by atoms with Crippen LogP contribution in [0.2, 0.25) is 10.0 Å². The first kappa shape index (κ1) is 43.4. The standard InChI is InChI=1S/C46H57Cl2N3O4/c1-2-3-4-5-6-7-8-9-10-11-12-13-14-15-16-17-18-19-20-26-45(52)55-38-54-44-30-28-39-27-29-40(37-42(39)49-44)53-36-22-21-31-50-32-34-51(35-33-50)43-25-23-24-41(47)46(43)48/h3-4,6-7,9-10,12-13,15-16,18-19,23-25,27-30,37H,2,5,8,11,14,17,20-22,26,31-36,38H2,1H3. The van der Waals surface area contributed by atoms with Crippen molar-refractivity contribution in [1.82, 2.24) is 9.88 Å². The summed E-state index contributed by atoms with van der Waals surface area (Å²) in [6.45, 7) is 7.49. The van der Waals surface area contributed by atoms with Gasteiger partial charge in [-0.05, 0) is 94.7 Å². The Morgan fingerprint density at radius 1 is 0.745 bits per heavy atom. The van der Waals surface area contributed by atoms with Crippen molar-refractivity contribution >= 4 is 45.8 Å². The summed E-state index contributed by atoms with van der Waals surface area (Å²) in [6.07, 6.45) is 34.7. The molecule has 1 aliphatic rings. The van der Waals surface area contributed by atoms with E-state index in [1.165, 1.54) is 0 Å². The highest BCUT2D eigenvalue weighted by atomic mass is 35.5. The van der Waals surface area contributed by atoms with Gasteiger partial charge in [0, 0.05) is 50.1 Å². The minimum atomic E-state index is -0.305. The van der Waals surface area contributed by atoms with Crippen LogP contribution in [0.1, 0.15) is 71.1 Å². The number of pyridine rings is 1. The third-order valence-corrected chi connectivity index (χ3v) is 9.77. The highest BCUT2D eigenvalue weighted by Gasteiger charge is 2.19. The number of hydrogen-bond acceptors (Lipinski definition) is 7. The van der Waals surface area contributed by atoms with Gasteiger partial charge in [-0.15, -0.1) is 0 Å². The molecule has 1 fully saturated rings. The molecule has 9 heteroatoms. The second kappa shape index (κ2) is 26.5. The summed E-state index contributed by atoms with van der Waals surface area (Å²) in [5.41, 5.74) is 1.77. The van der Waals surface area contributed by atoms with Crippen molar-refractivity contribution in [3.8, 4) is 11.6 Å². The van der Waals surface area contributed by atoms with Gasteiger partial charge in [-0.2, -0.15) is 0 Å². The number of benzene rings is 2. The quantitative estimate of drug-likeness (QED) is 0.0388. The van der Waals surface area contributed by atoms with E-state index in [2.05, 4.69) is 88.5 Å². The number of piperazine rings is 1. The second-order valence-electron chi connectivity index (χ2n) is 13.2. The number of esters is 1. The van der Waals surface area contributed by atoms with Crippen LogP contribution in [-0.2, 0) is 9.53 Å². The van der Waals surface area contributed by atoms with Crippen molar-refractivity contribution in [2.45, 2.75) is 71.1 Å². The fourth-order valence-corrected chi connectivity index (χ4v) is 6.31. The van der Waals surface area contributed by atoms with Crippen molar-refractivity contribution in [3.05, 3.63) is 131 Å².